The van der Waals surface area contributed by atoms with Crippen LogP contribution in [0, 0.1) is 11.3 Å². The van der Waals surface area contributed by atoms with Crippen molar-refractivity contribution in [2.24, 2.45) is 17.1 Å². The van der Waals surface area contributed by atoms with E-state index in [9.17, 15) is 13.6 Å². The molecule has 6 heteroatoms. The lowest BCUT2D eigenvalue weighted by atomic mass is 9.79. The SMILES string of the molecule is CC1(C)CN(C(=O)C2CC2c2ccccc2OC(F)F)CCC1N. The smallest absolute Gasteiger partial charge is 0.387 e. The molecule has 0 bridgehead atoms. The number of carbonyl (C=O) groups is 1. The largest absolute Gasteiger partial charge is 0.435 e. The standard InChI is InChI=1S/C18H24F2N2O2/c1-18(2)10-22(8-7-15(18)21)16(23)13-9-12(13)11-5-3-4-6-14(11)24-17(19)20/h3-6,12-13,15,17H,7-10,21H2,1-2H3. The molecule has 1 aliphatic carbocycles. The van der Waals surface area contributed by atoms with Crippen molar-refractivity contribution in [3.63, 3.8) is 0 Å². The fourth-order valence-corrected chi connectivity index (χ4v) is 3.60. The number of piperidine rings is 1. The van der Waals surface area contributed by atoms with Gasteiger partial charge < -0.3 is 15.4 Å². The molecule has 132 valence electrons. The highest BCUT2D eigenvalue weighted by Crippen LogP contribution is 2.51. The van der Waals surface area contributed by atoms with Crippen LogP contribution in [0.1, 0.15) is 38.2 Å². The number of nitrogens with two attached hydrogens (primary N) is 1. The molecule has 2 aliphatic rings. The zero-order chi connectivity index (χ0) is 17.5. The maximum Gasteiger partial charge on any atom is 0.387 e. The van der Waals surface area contributed by atoms with Crippen LogP contribution in [0.4, 0.5) is 8.78 Å². The maximum atomic E-state index is 12.8. The fourth-order valence-electron chi connectivity index (χ4n) is 3.60. The summed E-state index contributed by atoms with van der Waals surface area (Å²) >= 11 is 0. The highest BCUT2D eigenvalue weighted by molar-refractivity contribution is 5.83. The summed E-state index contributed by atoms with van der Waals surface area (Å²) in [4.78, 5) is 14.6. The van der Waals surface area contributed by atoms with Gasteiger partial charge in [0.1, 0.15) is 5.75 Å². The van der Waals surface area contributed by atoms with E-state index in [1.165, 1.54) is 6.07 Å². The first-order valence-corrected chi connectivity index (χ1v) is 8.37. The Bertz CT molecular complexity index is 621. The number of hydrogen-bond acceptors (Lipinski definition) is 3. The minimum Gasteiger partial charge on any atom is -0.435 e. The minimum absolute atomic E-state index is 0.0360. The lowest BCUT2D eigenvalue weighted by molar-refractivity contribution is -0.136. The highest BCUT2D eigenvalue weighted by Gasteiger charge is 2.48. The van der Waals surface area contributed by atoms with Crippen LogP contribution in [-0.2, 0) is 4.79 Å². The summed E-state index contributed by atoms with van der Waals surface area (Å²) in [6, 6.07) is 6.85. The van der Waals surface area contributed by atoms with Gasteiger partial charge >= 0.3 is 6.61 Å². The number of rotatable bonds is 4. The van der Waals surface area contributed by atoms with E-state index in [0.717, 1.165) is 6.42 Å². The van der Waals surface area contributed by atoms with Crippen molar-refractivity contribution in [1.29, 1.82) is 0 Å². The molecule has 1 saturated heterocycles. The first kappa shape index (κ1) is 17.1. The van der Waals surface area contributed by atoms with Crippen molar-refractivity contribution in [3.8, 4) is 5.75 Å². The van der Waals surface area contributed by atoms with Gasteiger partial charge in [0.05, 0.1) is 0 Å². The summed E-state index contributed by atoms with van der Waals surface area (Å²) in [5, 5.41) is 0. The van der Waals surface area contributed by atoms with Crippen LogP contribution >= 0.6 is 0 Å². The van der Waals surface area contributed by atoms with Crippen LogP contribution in [0.15, 0.2) is 24.3 Å². The van der Waals surface area contributed by atoms with E-state index >= 15 is 0 Å². The Labute approximate surface area is 141 Å². The van der Waals surface area contributed by atoms with E-state index in [1.807, 2.05) is 4.90 Å². The zero-order valence-electron chi connectivity index (χ0n) is 14.0. The molecule has 3 unspecified atom stereocenters. The molecule has 2 N–H and O–H groups in total. The van der Waals surface area contributed by atoms with Crippen LogP contribution in [0.3, 0.4) is 0 Å². The second kappa shape index (κ2) is 6.31. The molecule has 1 aromatic carbocycles. The van der Waals surface area contributed by atoms with E-state index in [4.69, 9.17) is 5.73 Å². The van der Waals surface area contributed by atoms with Crippen molar-refractivity contribution in [1.82, 2.24) is 4.90 Å². The van der Waals surface area contributed by atoms with Crippen LogP contribution in [-0.4, -0.2) is 36.5 Å². The summed E-state index contributed by atoms with van der Waals surface area (Å²) in [5.41, 5.74) is 6.72. The van der Waals surface area contributed by atoms with Crippen LogP contribution in [0.2, 0.25) is 0 Å². The molecule has 1 saturated carbocycles. The topological polar surface area (TPSA) is 55.6 Å². The van der Waals surface area contributed by atoms with Gasteiger partial charge in [0.2, 0.25) is 5.91 Å². The van der Waals surface area contributed by atoms with Crippen molar-refractivity contribution in [3.05, 3.63) is 29.8 Å². The number of alkyl halides is 2. The Balaban J connectivity index is 1.68. The molecule has 2 fully saturated rings. The monoisotopic (exact) mass is 338 g/mol. The number of hydrogen-bond donors (Lipinski definition) is 1. The average Bonchev–Trinajstić information content (AvgIpc) is 3.29. The molecule has 0 radical (unpaired) electrons. The summed E-state index contributed by atoms with van der Waals surface area (Å²) in [5.74, 6) is 0.101. The first-order valence-electron chi connectivity index (χ1n) is 8.37. The molecule has 0 aromatic heterocycles. The van der Waals surface area contributed by atoms with Gasteiger partial charge in [-0.3, -0.25) is 4.79 Å². The lowest BCUT2D eigenvalue weighted by Crippen LogP contribution is -2.54. The molecule has 4 nitrogen and oxygen atoms in total. The third-order valence-electron chi connectivity index (χ3n) is 5.27. The van der Waals surface area contributed by atoms with Crippen molar-refractivity contribution in [2.45, 2.75) is 45.3 Å². The van der Waals surface area contributed by atoms with Crippen molar-refractivity contribution < 1.29 is 18.3 Å². The number of para-hydroxylation sites is 1. The second-order valence-electron chi connectivity index (χ2n) is 7.51. The van der Waals surface area contributed by atoms with Gasteiger partial charge in [-0.2, -0.15) is 8.78 Å². The van der Waals surface area contributed by atoms with Gasteiger partial charge in [-0.05, 0) is 35.8 Å². The van der Waals surface area contributed by atoms with Gasteiger partial charge in [0, 0.05) is 25.0 Å². The molecule has 3 atom stereocenters. The first-order chi connectivity index (χ1) is 11.3. The number of carbonyl (C=O) groups excluding carboxylic acids is 1. The Morgan fingerprint density at radius 1 is 1.38 bits per heavy atom. The normalized spacial score (nSPS) is 28.8. The molecular weight excluding hydrogens is 314 g/mol. The van der Waals surface area contributed by atoms with Crippen LogP contribution in [0.25, 0.3) is 0 Å². The molecule has 1 heterocycles. The van der Waals surface area contributed by atoms with E-state index in [-0.39, 0.29) is 34.9 Å². The molecule has 3 rings (SSSR count). The van der Waals surface area contributed by atoms with E-state index < -0.39 is 6.61 Å². The molecule has 1 aromatic rings. The van der Waals surface area contributed by atoms with E-state index in [0.29, 0.717) is 25.1 Å². The highest BCUT2D eigenvalue weighted by atomic mass is 19.3. The number of ether oxygens (including phenoxy) is 1. The maximum absolute atomic E-state index is 12.8. The van der Waals surface area contributed by atoms with Gasteiger partial charge in [-0.25, -0.2) is 0 Å². The number of halogens is 2. The quantitative estimate of drug-likeness (QED) is 0.918. The van der Waals surface area contributed by atoms with Gasteiger partial charge in [-0.15, -0.1) is 0 Å². The Hall–Kier alpha value is -1.69. The molecule has 0 spiro atoms. The third kappa shape index (κ3) is 3.38. The van der Waals surface area contributed by atoms with Crippen molar-refractivity contribution in [2.75, 3.05) is 13.1 Å². The predicted molar refractivity (Wildman–Crippen MR) is 86.9 cm³/mol. The lowest BCUT2D eigenvalue weighted by Gasteiger charge is -2.42. The Kier molecular flexibility index (Phi) is 4.51. The summed E-state index contributed by atoms with van der Waals surface area (Å²) in [7, 11) is 0. The molecule has 24 heavy (non-hydrogen) atoms. The summed E-state index contributed by atoms with van der Waals surface area (Å²) < 4.78 is 29.7. The molecular formula is C18H24F2N2O2. The van der Waals surface area contributed by atoms with Crippen LogP contribution in [0.5, 0.6) is 5.75 Å². The Morgan fingerprint density at radius 3 is 2.75 bits per heavy atom. The van der Waals surface area contributed by atoms with Crippen LogP contribution < -0.4 is 10.5 Å². The molecule has 1 aliphatic heterocycles. The number of amides is 1. The minimum atomic E-state index is -2.86. The van der Waals surface area contributed by atoms with Gasteiger partial charge in [-0.1, -0.05) is 32.0 Å². The fraction of sp³-hybridized carbons (Fsp3) is 0.611. The van der Waals surface area contributed by atoms with E-state index in [2.05, 4.69) is 18.6 Å². The predicted octanol–water partition coefficient (Wildman–Crippen LogP) is 2.98. The van der Waals surface area contributed by atoms with Gasteiger partial charge in [0.15, 0.2) is 0 Å². The zero-order valence-corrected chi connectivity index (χ0v) is 14.0. The third-order valence-corrected chi connectivity index (χ3v) is 5.27. The summed E-state index contributed by atoms with van der Waals surface area (Å²) in [6.07, 6.45) is 1.48. The summed E-state index contributed by atoms with van der Waals surface area (Å²) in [6.45, 7) is 2.61. The average molecular weight is 338 g/mol. The number of nitrogens with zero attached hydrogens (tertiary/aromatic N) is 1. The Morgan fingerprint density at radius 2 is 2.08 bits per heavy atom. The van der Waals surface area contributed by atoms with Gasteiger partial charge in [0.25, 0.3) is 0 Å². The van der Waals surface area contributed by atoms with Crippen molar-refractivity contribution >= 4 is 5.91 Å². The van der Waals surface area contributed by atoms with E-state index in [1.54, 1.807) is 18.2 Å². The second-order valence-corrected chi connectivity index (χ2v) is 7.51. The molecule has 1 amide bonds. The number of likely N-dealkylation sites (tertiary alicyclic amines) is 1. The number of benzene rings is 1.